The number of unbranched alkanes of at least 4 members (excludes halogenated alkanes) is 1. The summed E-state index contributed by atoms with van der Waals surface area (Å²) in [5.41, 5.74) is -0.210. The van der Waals surface area contributed by atoms with E-state index >= 15 is 0 Å². The number of hydrogen-bond acceptors (Lipinski definition) is 3. The van der Waals surface area contributed by atoms with Crippen molar-refractivity contribution in [2.45, 2.75) is 71.9 Å². The molecule has 5 nitrogen and oxygen atoms in total. The van der Waals surface area contributed by atoms with Crippen LogP contribution in [0.25, 0.3) is 0 Å². The number of piperidine rings is 1. The van der Waals surface area contributed by atoms with E-state index in [4.69, 9.17) is 0 Å². The molecular formula is C17H35N3O2. The van der Waals surface area contributed by atoms with Crippen LogP contribution in [-0.2, 0) is 0 Å². The summed E-state index contributed by atoms with van der Waals surface area (Å²) >= 11 is 0. The SMILES string of the molecule is CC1CCCCN1CCCCNC(=O)NCC(O)C(C)(C)C. The number of carbonyl (C=O) groups excluding carboxylic acids is 1. The molecule has 0 aromatic carbocycles. The van der Waals surface area contributed by atoms with Crippen molar-refractivity contribution in [2.75, 3.05) is 26.2 Å². The van der Waals surface area contributed by atoms with Crippen LogP contribution in [0, 0.1) is 5.41 Å². The van der Waals surface area contributed by atoms with Gasteiger partial charge in [0.1, 0.15) is 0 Å². The van der Waals surface area contributed by atoms with Gasteiger partial charge in [-0.1, -0.05) is 27.2 Å². The molecule has 0 bridgehead atoms. The number of urea groups is 1. The van der Waals surface area contributed by atoms with Crippen LogP contribution in [0.15, 0.2) is 0 Å². The normalized spacial score (nSPS) is 21.4. The number of hydrogen-bond donors (Lipinski definition) is 3. The van der Waals surface area contributed by atoms with Crippen LogP contribution in [0.4, 0.5) is 4.79 Å². The summed E-state index contributed by atoms with van der Waals surface area (Å²) in [6.07, 6.45) is 5.59. The van der Waals surface area contributed by atoms with Gasteiger partial charge in [-0.05, 0) is 51.1 Å². The summed E-state index contributed by atoms with van der Waals surface area (Å²) in [4.78, 5) is 14.2. The third kappa shape index (κ3) is 7.45. The fourth-order valence-corrected chi connectivity index (χ4v) is 2.69. The van der Waals surface area contributed by atoms with Crippen molar-refractivity contribution >= 4 is 6.03 Å². The molecule has 0 saturated carbocycles. The van der Waals surface area contributed by atoms with Gasteiger partial charge in [0.15, 0.2) is 0 Å². The highest BCUT2D eigenvalue weighted by molar-refractivity contribution is 5.73. The van der Waals surface area contributed by atoms with Gasteiger partial charge in [0.2, 0.25) is 0 Å². The van der Waals surface area contributed by atoms with Gasteiger partial charge in [-0.15, -0.1) is 0 Å². The van der Waals surface area contributed by atoms with E-state index in [1.54, 1.807) is 0 Å². The molecule has 0 radical (unpaired) electrons. The van der Waals surface area contributed by atoms with E-state index in [2.05, 4.69) is 22.5 Å². The average Bonchev–Trinajstić information content (AvgIpc) is 2.45. The lowest BCUT2D eigenvalue weighted by atomic mass is 9.89. The Morgan fingerprint density at radius 2 is 2.00 bits per heavy atom. The molecule has 1 fully saturated rings. The minimum atomic E-state index is -0.529. The van der Waals surface area contributed by atoms with Crippen LogP contribution in [0.3, 0.4) is 0 Å². The molecule has 0 aliphatic carbocycles. The summed E-state index contributed by atoms with van der Waals surface area (Å²) in [6, 6.07) is 0.526. The van der Waals surface area contributed by atoms with Crippen LogP contribution < -0.4 is 10.6 Å². The number of rotatable bonds is 7. The second kappa shape index (κ2) is 9.36. The Kier molecular flexibility index (Phi) is 8.18. The first-order valence-corrected chi connectivity index (χ1v) is 8.74. The largest absolute Gasteiger partial charge is 0.391 e. The third-order valence-electron chi connectivity index (χ3n) is 4.55. The number of aliphatic hydroxyl groups excluding tert-OH is 1. The van der Waals surface area contributed by atoms with E-state index < -0.39 is 6.10 Å². The van der Waals surface area contributed by atoms with Crippen LogP contribution in [0.1, 0.15) is 59.8 Å². The lowest BCUT2D eigenvalue weighted by molar-refractivity contribution is 0.0650. The highest BCUT2D eigenvalue weighted by Gasteiger charge is 2.22. The van der Waals surface area contributed by atoms with E-state index in [-0.39, 0.29) is 11.4 Å². The first-order valence-electron chi connectivity index (χ1n) is 8.74. The standard InChI is InChI=1S/C17H35N3O2/c1-14-9-5-7-11-20(14)12-8-6-10-18-16(22)19-13-15(21)17(2,3)4/h14-15,21H,5-13H2,1-4H3,(H2,18,19,22). The van der Waals surface area contributed by atoms with Gasteiger partial charge in [-0.3, -0.25) is 0 Å². The van der Waals surface area contributed by atoms with E-state index in [9.17, 15) is 9.90 Å². The van der Waals surface area contributed by atoms with Crippen molar-refractivity contribution in [1.82, 2.24) is 15.5 Å². The predicted molar refractivity (Wildman–Crippen MR) is 91.0 cm³/mol. The van der Waals surface area contributed by atoms with Crippen molar-refractivity contribution in [3.8, 4) is 0 Å². The molecule has 1 heterocycles. The minimum Gasteiger partial charge on any atom is -0.391 e. The highest BCUT2D eigenvalue weighted by atomic mass is 16.3. The molecule has 1 aliphatic rings. The molecule has 2 unspecified atom stereocenters. The second-order valence-electron chi connectivity index (χ2n) is 7.61. The van der Waals surface area contributed by atoms with Crippen molar-refractivity contribution < 1.29 is 9.90 Å². The van der Waals surface area contributed by atoms with Crippen LogP contribution in [0.2, 0.25) is 0 Å². The predicted octanol–water partition coefficient (Wildman–Crippen LogP) is 2.35. The minimum absolute atomic E-state index is 0.186. The van der Waals surface area contributed by atoms with Crippen molar-refractivity contribution in [1.29, 1.82) is 0 Å². The maximum absolute atomic E-state index is 11.6. The Morgan fingerprint density at radius 1 is 1.27 bits per heavy atom. The third-order valence-corrected chi connectivity index (χ3v) is 4.55. The molecule has 0 aromatic rings. The molecular weight excluding hydrogens is 278 g/mol. The quantitative estimate of drug-likeness (QED) is 0.632. The van der Waals surface area contributed by atoms with Gasteiger partial charge >= 0.3 is 6.03 Å². The molecule has 2 atom stereocenters. The number of nitrogens with one attached hydrogen (secondary N) is 2. The van der Waals surface area contributed by atoms with Gasteiger partial charge < -0.3 is 20.6 Å². The van der Waals surface area contributed by atoms with Crippen LogP contribution >= 0.6 is 0 Å². The Hall–Kier alpha value is -0.810. The molecule has 1 aliphatic heterocycles. The summed E-state index contributed by atoms with van der Waals surface area (Å²) in [5, 5.41) is 15.4. The number of likely N-dealkylation sites (tertiary alicyclic amines) is 1. The molecule has 5 heteroatoms. The number of nitrogens with zero attached hydrogens (tertiary/aromatic N) is 1. The van der Waals surface area contributed by atoms with Crippen molar-refractivity contribution in [3.05, 3.63) is 0 Å². The maximum atomic E-state index is 11.6. The smallest absolute Gasteiger partial charge is 0.314 e. The van der Waals surface area contributed by atoms with Gasteiger partial charge in [-0.25, -0.2) is 4.79 Å². The Morgan fingerprint density at radius 3 is 2.64 bits per heavy atom. The topological polar surface area (TPSA) is 64.6 Å². The number of carbonyl (C=O) groups is 1. The van der Waals surface area contributed by atoms with E-state index in [1.807, 2.05) is 20.8 Å². The molecule has 3 N–H and O–H groups in total. The molecule has 1 saturated heterocycles. The fourth-order valence-electron chi connectivity index (χ4n) is 2.69. The summed E-state index contributed by atoms with van der Waals surface area (Å²) in [6.45, 7) is 11.5. The fraction of sp³-hybridized carbons (Fsp3) is 0.941. The Balaban J connectivity index is 2.03. The molecule has 22 heavy (non-hydrogen) atoms. The van der Waals surface area contributed by atoms with Gasteiger partial charge in [0.25, 0.3) is 0 Å². The van der Waals surface area contributed by atoms with E-state index in [0.717, 1.165) is 19.4 Å². The van der Waals surface area contributed by atoms with E-state index in [1.165, 1.54) is 25.8 Å². The number of aliphatic hydroxyl groups is 1. The van der Waals surface area contributed by atoms with Gasteiger partial charge in [-0.2, -0.15) is 0 Å². The average molecular weight is 313 g/mol. The Labute approximate surface area is 135 Å². The first kappa shape index (κ1) is 19.2. The highest BCUT2D eigenvalue weighted by Crippen LogP contribution is 2.18. The summed E-state index contributed by atoms with van der Waals surface area (Å²) in [7, 11) is 0. The van der Waals surface area contributed by atoms with Gasteiger partial charge in [0, 0.05) is 19.1 Å². The molecule has 130 valence electrons. The maximum Gasteiger partial charge on any atom is 0.314 e. The summed E-state index contributed by atoms with van der Waals surface area (Å²) in [5.74, 6) is 0. The van der Waals surface area contributed by atoms with Crippen LogP contribution in [0.5, 0.6) is 0 Å². The monoisotopic (exact) mass is 313 g/mol. The zero-order valence-corrected chi connectivity index (χ0v) is 14.8. The molecule has 1 rings (SSSR count). The van der Waals surface area contributed by atoms with Crippen molar-refractivity contribution in [2.24, 2.45) is 5.41 Å². The lowest BCUT2D eigenvalue weighted by Gasteiger charge is -2.33. The zero-order chi connectivity index (χ0) is 16.6. The summed E-state index contributed by atoms with van der Waals surface area (Å²) < 4.78 is 0. The van der Waals surface area contributed by atoms with Gasteiger partial charge in [0.05, 0.1) is 6.10 Å². The van der Waals surface area contributed by atoms with E-state index in [0.29, 0.717) is 19.1 Å². The van der Waals surface area contributed by atoms with Crippen LogP contribution in [-0.4, -0.2) is 54.4 Å². The second-order valence-corrected chi connectivity index (χ2v) is 7.61. The first-order chi connectivity index (χ1) is 10.3. The number of amides is 2. The molecule has 2 amide bonds. The molecule has 0 aromatic heterocycles. The van der Waals surface area contributed by atoms with Crippen molar-refractivity contribution in [3.63, 3.8) is 0 Å². The lowest BCUT2D eigenvalue weighted by Crippen LogP contribution is -2.43. The molecule has 0 spiro atoms. The zero-order valence-electron chi connectivity index (χ0n) is 14.8. The Bertz CT molecular complexity index is 328.